The minimum Gasteiger partial charge on any atom is -0.320 e. The summed E-state index contributed by atoms with van der Waals surface area (Å²) in [5, 5.41) is 5.56. The van der Waals surface area contributed by atoms with E-state index in [1.807, 2.05) is 48.7 Å². The van der Waals surface area contributed by atoms with Gasteiger partial charge in [-0.05, 0) is 30.5 Å². The lowest BCUT2D eigenvalue weighted by atomic mass is 10.3. The zero-order chi connectivity index (χ0) is 14.7. The summed E-state index contributed by atoms with van der Waals surface area (Å²) in [6.45, 7) is 3.27. The summed E-state index contributed by atoms with van der Waals surface area (Å²) in [5.41, 5.74) is 0.916. The topological polar surface area (TPSA) is 45.2 Å². The standard InChI is InChI=1S/C15H15N3OS2/c1-2-18(10-11-6-5-9-20-11)15(19)17-14-16-12-7-3-4-8-13(12)21-14/h3-9H,2,10H2,1H3,(H,16,17,19). The van der Waals surface area contributed by atoms with Crippen LogP contribution in [0.15, 0.2) is 41.8 Å². The molecule has 108 valence electrons. The summed E-state index contributed by atoms with van der Waals surface area (Å²) < 4.78 is 1.08. The van der Waals surface area contributed by atoms with Crippen LogP contribution in [0.1, 0.15) is 11.8 Å². The van der Waals surface area contributed by atoms with Gasteiger partial charge in [-0.25, -0.2) is 9.78 Å². The monoisotopic (exact) mass is 317 g/mol. The largest absolute Gasteiger partial charge is 0.323 e. The van der Waals surface area contributed by atoms with Gasteiger partial charge in [-0.1, -0.05) is 29.5 Å². The van der Waals surface area contributed by atoms with E-state index in [-0.39, 0.29) is 6.03 Å². The van der Waals surface area contributed by atoms with Gasteiger partial charge in [0.15, 0.2) is 5.13 Å². The average Bonchev–Trinajstić information content (AvgIpc) is 3.13. The first-order valence-corrected chi connectivity index (χ1v) is 8.39. The van der Waals surface area contributed by atoms with Gasteiger partial charge in [-0.15, -0.1) is 11.3 Å². The maximum Gasteiger partial charge on any atom is 0.323 e. The highest BCUT2D eigenvalue weighted by atomic mass is 32.1. The number of rotatable bonds is 4. The number of aromatic nitrogens is 1. The van der Waals surface area contributed by atoms with E-state index in [0.29, 0.717) is 18.2 Å². The van der Waals surface area contributed by atoms with Crippen molar-refractivity contribution >= 4 is 44.1 Å². The Morgan fingerprint density at radius 1 is 1.29 bits per heavy atom. The van der Waals surface area contributed by atoms with Crippen LogP contribution < -0.4 is 5.32 Å². The molecule has 0 spiro atoms. The van der Waals surface area contributed by atoms with Gasteiger partial charge in [-0.3, -0.25) is 5.32 Å². The molecule has 4 nitrogen and oxygen atoms in total. The van der Waals surface area contributed by atoms with Crippen LogP contribution in [0.5, 0.6) is 0 Å². The zero-order valence-corrected chi connectivity index (χ0v) is 13.2. The summed E-state index contributed by atoms with van der Waals surface area (Å²) in [6, 6.07) is 11.8. The fourth-order valence-corrected chi connectivity index (χ4v) is 3.59. The Morgan fingerprint density at radius 3 is 2.86 bits per heavy atom. The number of urea groups is 1. The predicted octanol–water partition coefficient (Wildman–Crippen LogP) is 4.41. The number of hydrogen-bond acceptors (Lipinski definition) is 4. The second kappa shape index (κ2) is 6.24. The van der Waals surface area contributed by atoms with Crippen LogP contribution >= 0.6 is 22.7 Å². The lowest BCUT2D eigenvalue weighted by Crippen LogP contribution is -2.33. The molecule has 2 heterocycles. The molecular weight excluding hydrogens is 302 g/mol. The van der Waals surface area contributed by atoms with Crippen molar-refractivity contribution in [3.8, 4) is 0 Å². The van der Waals surface area contributed by atoms with E-state index in [1.165, 1.54) is 16.2 Å². The maximum atomic E-state index is 12.3. The zero-order valence-electron chi connectivity index (χ0n) is 11.6. The molecule has 0 radical (unpaired) electrons. The highest BCUT2D eigenvalue weighted by molar-refractivity contribution is 7.22. The minimum absolute atomic E-state index is 0.107. The Morgan fingerprint density at radius 2 is 2.14 bits per heavy atom. The highest BCUT2D eigenvalue weighted by Gasteiger charge is 2.14. The van der Waals surface area contributed by atoms with E-state index < -0.39 is 0 Å². The number of carbonyl (C=O) groups excluding carboxylic acids is 1. The van der Waals surface area contributed by atoms with Crippen LogP contribution in [-0.4, -0.2) is 22.5 Å². The molecule has 3 rings (SSSR count). The fraction of sp³-hybridized carbons (Fsp3) is 0.200. The summed E-state index contributed by atoms with van der Waals surface area (Å²) in [6.07, 6.45) is 0. The highest BCUT2D eigenvalue weighted by Crippen LogP contribution is 2.25. The molecule has 6 heteroatoms. The summed E-state index contributed by atoms with van der Waals surface area (Å²) in [7, 11) is 0. The normalized spacial score (nSPS) is 10.7. The van der Waals surface area contributed by atoms with E-state index in [1.54, 1.807) is 16.2 Å². The molecule has 0 aliphatic carbocycles. The lowest BCUT2D eigenvalue weighted by Gasteiger charge is -2.19. The average molecular weight is 317 g/mol. The fourth-order valence-electron chi connectivity index (χ4n) is 2.01. The Kier molecular flexibility index (Phi) is 4.17. The minimum atomic E-state index is -0.107. The second-order valence-electron chi connectivity index (χ2n) is 4.51. The van der Waals surface area contributed by atoms with Crippen molar-refractivity contribution in [3.63, 3.8) is 0 Å². The van der Waals surface area contributed by atoms with Crippen molar-refractivity contribution in [1.82, 2.24) is 9.88 Å². The van der Waals surface area contributed by atoms with Gasteiger partial charge in [0.25, 0.3) is 0 Å². The molecule has 0 aliphatic heterocycles. The van der Waals surface area contributed by atoms with Gasteiger partial charge >= 0.3 is 6.03 Å². The second-order valence-corrected chi connectivity index (χ2v) is 6.57. The molecule has 0 saturated carbocycles. The molecule has 0 saturated heterocycles. The van der Waals surface area contributed by atoms with Crippen LogP contribution in [0.2, 0.25) is 0 Å². The number of thiophene rings is 1. The first-order valence-electron chi connectivity index (χ1n) is 6.70. The smallest absolute Gasteiger partial charge is 0.320 e. The number of nitrogens with zero attached hydrogens (tertiary/aromatic N) is 2. The molecular formula is C15H15N3OS2. The summed E-state index contributed by atoms with van der Waals surface area (Å²) >= 11 is 3.15. The third-order valence-electron chi connectivity index (χ3n) is 3.10. The van der Waals surface area contributed by atoms with E-state index in [2.05, 4.69) is 10.3 Å². The van der Waals surface area contributed by atoms with Crippen molar-refractivity contribution in [2.75, 3.05) is 11.9 Å². The Balaban J connectivity index is 1.71. The van der Waals surface area contributed by atoms with Crippen molar-refractivity contribution in [1.29, 1.82) is 0 Å². The molecule has 0 unspecified atom stereocenters. The molecule has 0 aliphatic rings. The third kappa shape index (κ3) is 3.22. The molecule has 1 N–H and O–H groups in total. The van der Waals surface area contributed by atoms with Gasteiger partial charge in [0, 0.05) is 11.4 Å². The molecule has 21 heavy (non-hydrogen) atoms. The molecule has 0 fully saturated rings. The first kappa shape index (κ1) is 14.0. The number of nitrogens with one attached hydrogen (secondary N) is 1. The summed E-state index contributed by atoms with van der Waals surface area (Å²) in [5.74, 6) is 0. The van der Waals surface area contributed by atoms with Crippen LogP contribution in [-0.2, 0) is 6.54 Å². The predicted molar refractivity (Wildman–Crippen MR) is 89.0 cm³/mol. The molecule has 2 amide bonds. The van der Waals surface area contributed by atoms with E-state index in [4.69, 9.17) is 0 Å². The van der Waals surface area contributed by atoms with Crippen LogP contribution in [0.3, 0.4) is 0 Å². The molecule has 0 bridgehead atoms. The number of fused-ring (bicyclic) bond motifs is 1. The van der Waals surface area contributed by atoms with Gasteiger partial charge in [-0.2, -0.15) is 0 Å². The van der Waals surface area contributed by atoms with E-state index in [9.17, 15) is 4.79 Å². The van der Waals surface area contributed by atoms with Gasteiger partial charge in [0.2, 0.25) is 0 Å². The number of thiazole rings is 1. The quantitative estimate of drug-likeness (QED) is 0.774. The first-order chi connectivity index (χ1) is 10.3. The van der Waals surface area contributed by atoms with E-state index >= 15 is 0 Å². The van der Waals surface area contributed by atoms with Crippen molar-refractivity contribution in [3.05, 3.63) is 46.7 Å². The van der Waals surface area contributed by atoms with Gasteiger partial charge in [0.05, 0.1) is 16.8 Å². The van der Waals surface area contributed by atoms with Crippen LogP contribution in [0.4, 0.5) is 9.93 Å². The number of hydrogen-bond donors (Lipinski definition) is 1. The van der Waals surface area contributed by atoms with Crippen LogP contribution in [0, 0.1) is 0 Å². The van der Waals surface area contributed by atoms with Crippen molar-refractivity contribution in [2.45, 2.75) is 13.5 Å². The van der Waals surface area contributed by atoms with Crippen molar-refractivity contribution in [2.24, 2.45) is 0 Å². The van der Waals surface area contributed by atoms with Crippen LogP contribution in [0.25, 0.3) is 10.2 Å². The SMILES string of the molecule is CCN(Cc1cccs1)C(=O)Nc1nc2ccccc2s1. The molecule has 3 aromatic rings. The summed E-state index contributed by atoms with van der Waals surface area (Å²) in [4.78, 5) is 19.7. The van der Waals surface area contributed by atoms with E-state index in [0.717, 1.165) is 10.2 Å². The lowest BCUT2D eigenvalue weighted by molar-refractivity contribution is 0.212. The third-order valence-corrected chi connectivity index (χ3v) is 4.92. The number of benzene rings is 1. The molecule has 2 aromatic heterocycles. The van der Waals surface area contributed by atoms with Gasteiger partial charge < -0.3 is 4.90 Å². The Bertz CT molecular complexity index is 703. The number of amides is 2. The number of carbonyl (C=O) groups is 1. The number of anilines is 1. The Labute approximate surface area is 131 Å². The van der Waals surface area contributed by atoms with Crippen molar-refractivity contribution < 1.29 is 4.79 Å². The maximum absolute atomic E-state index is 12.3. The number of para-hydroxylation sites is 1. The van der Waals surface area contributed by atoms with Gasteiger partial charge in [0.1, 0.15) is 0 Å². The Hall–Kier alpha value is -1.92. The molecule has 0 atom stereocenters. The molecule has 1 aromatic carbocycles.